The highest BCUT2D eigenvalue weighted by Crippen LogP contribution is 2.38. The van der Waals surface area contributed by atoms with E-state index in [0.29, 0.717) is 31.0 Å². The molecule has 26 heavy (non-hydrogen) atoms. The van der Waals surface area contributed by atoms with E-state index in [9.17, 15) is 13.2 Å². The maximum Gasteiger partial charge on any atom is 1.00 e. The van der Waals surface area contributed by atoms with Gasteiger partial charge in [-0.3, -0.25) is 4.68 Å². The van der Waals surface area contributed by atoms with E-state index in [1.807, 2.05) is 10.7 Å². The number of hydrogen-bond donors (Lipinski definition) is 2. The number of ether oxygens (including phenoxy) is 2. The lowest BCUT2D eigenvalue weighted by atomic mass is 9.96. The zero-order valence-corrected chi connectivity index (χ0v) is 14.3. The van der Waals surface area contributed by atoms with Crippen molar-refractivity contribution in [2.45, 2.75) is 24.9 Å². The summed E-state index contributed by atoms with van der Waals surface area (Å²) in [5, 5.41) is 7.77. The summed E-state index contributed by atoms with van der Waals surface area (Å²) in [6.07, 6.45) is -2.64. The first kappa shape index (κ1) is 18.7. The highest BCUT2D eigenvalue weighted by Gasteiger charge is 2.42. The van der Waals surface area contributed by atoms with Crippen molar-refractivity contribution in [3.63, 3.8) is 0 Å². The molecule has 3 N–H and O–H groups in total. The lowest BCUT2D eigenvalue weighted by Crippen LogP contribution is -3.00. The Bertz CT molecular complexity index is 811. The van der Waals surface area contributed by atoms with Crippen LogP contribution in [0.3, 0.4) is 0 Å². The van der Waals surface area contributed by atoms with Gasteiger partial charge in [0.1, 0.15) is 5.60 Å². The van der Waals surface area contributed by atoms with Gasteiger partial charge in [-0.05, 0) is 25.1 Å². The third-order valence-electron chi connectivity index (χ3n) is 4.45. The number of alkyl halides is 3. The number of pyridine rings is 1. The minimum Gasteiger partial charge on any atom is -1.00 e. The topological polar surface area (TPSA) is 87.2 Å². The molecule has 11 heteroatoms. The van der Waals surface area contributed by atoms with Gasteiger partial charge in [-0.2, -0.15) is 5.10 Å². The number of nitrogen functional groups attached to an aromatic ring is 1. The van der Waals surface area contributed by atoms with Gasteiger partial charge in [-0.1, -0.05) is 0 Å². The van der Waals surface area contributed by atoms with Crippen LogP contribution in [-0.4, -0.2) is 40.8 Å². The maximum atomic E-state index is 12.5. The van der Waals surface area contributed by atoms with Crippen molar-refractivity contribution in [1.29, 1.82) is 0 Å². The van der Waals surface area contributed by atoms with Gasteiger partial charge in [0.25, 0.3) is 0 Å². The van der Waals surface area contributed by atoms with Gasteiger partial charge in [0, 0.05) is 18.3 Å². The third kappa shape index (κ3) is 3.31. The first-order valence-electron chi connectivity index (χ1n) is 7.81. The van der Waals surface area contributed by atoms with Crippen LogP contribution in [0.5, 0.6) is 5.75 Å². The van der Waals surface area contributed by atoms with E-state index < -0.39 is 17.7 Å². The molecule has 4 rings (SSSR count). The Balaban J connectivity index is 0.00000131. The summed E-state index contributed by atoms with van der Waals surface area (Å²) in [6, 6.07) is 3.03. The van der Waals surface area contributed by atoms with E-state index in [0.717, 1.165) is 18.7 Å². The van der Waals surface area contributed by atoms with Crippen LogP contribution < -0.4 is 28.2 Å². The molecule has 0 radical (unpaired) electrons. The Kier molecular flexibility index (Phi) is 4.76. The number of nitrogens with one attached hydrogen (secondary N) is 1. The molecule has 7 nitrogen and oxygen atoms in total. The number of rotatable bonds is 2. The standard InChI is InChI=1S/C15H16F3N5O2.ClH/c16-15(17,18)25-11-5-9(7-21-13(11)19)10-6-12-14(1-2-20-8-14)24-4-3-23(12)22-10;/h5-7,20H,1-4,8H2,(H2,19,21);1H. The van der Waals surface area contributed by atoms with Gasteiger partial charge in [0.15, 0.2) is 11.6 Å². The molecule has 142 valence electrons. The van der Waals surface area contributed by atoms with Gasteiger partial charge in [-0.25, -0.2) is 4.98 Å². The minimum atomic E-state index is -4.84. The minimum absolute atomic E-state index is 0. The molecule has 2 aliphatic rings. The van der Waals surface area contributed by atoms with Crippen molar-refractivity contribution >= 4 is 5.82 Å². The predicted molar refractivity (Wildman–Crippen MR) is 82.8 cm³/mol. The molecule has 0 aromatic carbocycles. The summed E-state index contributed by atoms with van der Waals surface area (Å²) in [7, 11) is 0. The van der Waals surface area contributed by atoms with Gasteiger partial charge in [0.2, 0.25) is 0 Å². The van der Waals surface area contributed by atoms with Crippen LogP contribution in [0, 0.1) is 0 Å². The second-order valence-corrected chi connectivity index (χ2v) is 6.06. The van der Waals surface area contributed by atoms with Crippen molar-refractivity contribution in [3.8, 4) is 17.0 Å². The monoisotopic (exact) mass is 391 g/mol. The van der Waals surface area contributed by atoms with Crippen LogP contribution in [0.1, 0.15) is 13.5 Å². The van der Waals surface area contributed by atoms with Crippen molar-refractivity contribution < 1.29 is 36.5 Å². The number of hydrogen-bond acceptors (Lipinski definition) is 6. The fraction of sp³-hybridized carbons (Fsp3) is 0.467. The predicted octanol–water partition coefficient (Wildman–Crippen LogP) is -1.24. The van der Waals surface area contributed by atoms with E-state index in [4.69, 9.17) is 10.5 Å². The Morgan fingerprint density at radius 3 is 2.88 bits per heavy atom. The Morgan fingerprint density at radius 2 is 2.19 bits per heavy atom. The van der Waals surface area contributed by atoms with Crippen molar-refractivity contribution in [2.75, 3.05) is 25.4 Å². The van der Waals surface area contributed by atoms with E-state index in [1.54, 1.807) is 0 Å². The average molecular weight is 392 g/mol. The highest BCUT2D eigenvalue weighted by molar-refractivity contribution is 5.64. The van der Waals surface area contributed by atoms with Crippen molar-refractivity contribution in [1.82, 2.24) is 20.1 Å². The van der Waals surface area contributed by atoms with Crippen molar-refractivity contribution in [3.05, 3.63) is 24.0 Å². The quantitative estimate of drug-likeness (QED) is 0.666. The van der Waals surface area contributed by atoms with Crippen LogP contribution >= 0.6 is 0 Å². The number of fused-ring (bicyclic) bond motifs is 2. The molecule has 1 spiro atoms. The number of halogens is 4. The average Bonchev–Trinajstić information content (AvgIpc) is 3.17. The van der Waals surface area contributed by atoms with Crippen LogP contribution in [0.25, 0.3) is 11.3 Å². The molecule has 1 saturated heterocycles. The molecule has 2 aromatic rings. The summed E-state index contributed by atoms with van der Waals surface area (Å²) >= 11 is 0. The van der Waals surface area contributed by atoms with Crippen LogP contribution in [0.15, 0.2) is 18.3 Å². The number of aromatic nitrogens is 3. The molecule has 1 atom stereocenters. The number of nitrogens with zero attached hydrogens (tertiary/aromatic N) is 3. The maximum absolute atomic E-state index is 12.5. The van der Waals surface area contributed by atoms with E-state index in [-0.39, 0.29) is 19.7 Å². The molecule has 2 aliphatic heterocycles. The van der Waals surface area contributed by atoms with Gasteiger partial charge >= 0.3 is 7.79 Å². The Morgan fingerprint density at radius 1 is 1.38 bits per heavy atom. The SMILES string of the molecule is Nc1ncc(-c2cc3n(n2)CCOC32CCNC2)cc1OC(F)(F)F.[Cl-].[H+]. The second kappa shape index (κ2) is 6.60. The first-order valence-corrected chi connectivity index (χ1v) is 7.81. The molecule has 0 amide bonds. The second-order valence-electron chi connectivity index (χ2n) is 6.06. The summed E-state index contributed by atoms with van der Waals surface area (Å²) < 4.78 is 49.2. The van der Waals surface area contributed by atoms with Crippen molar-refractivity contribution in [2.24, 2.45) is 0 Å². The molecular weight excluding hydrogens is 375 g/mol. The zero-order valence-electron chi connectivity index (χ0n) is 14.5. The molecular formula is C15H17ClF3N5O2. The Hall–Kier alpha value is -2.04. The lowest BCUT2D eigenvalue weighted by molar-refractivity contribution is -0.274. The van der Waals surface area contributed by atoms with E-state index in [2.05, 4.69) is 20.1 Å². The van der Waals surface area contributed by atoms with Gasteiger partial charge in [0.05, 0.1) is 24.5 Å². The largest absolute Gasteiger partial charge is 1.00 e. The molecule has 0 bridgehead atoms. The normalized spacial score (nSPS) is 22.1. The smallest absolute Gasteiger partial charge is 1.00 e. The lowest BCUT2D eigenvalue weighted by Gasteiger charge is -2.33. The van der Waals surface area contributed by atoms with Gasteiger partial charge < -0.3 is 32.9 Å². The Labute approximate surface area is 154 Å². The third-order valence-corrected chi connectivity index (χ3v) is 4.45. The van der Waals surface area contributed by atoms with Crippen LogP contribution in [0.4, 0.5) is 19.0 Å². The highest BCUT2D eigenvalue weighted by atomic mass is 35.5. The van der Waals surface area contributed by atoms with Crippen LogP contribution in [-0.2, 0) is 16.9 Å². The molecule has 0 aliphatic carbocycles. The first-order chi connectivity index (χ1) is 11.9. The molecule has 1 fully saturated rings. The fourth-order valence-electron chi connectivity index (χ4n) is 3.31. The molecule has 0 saturated carbocycles. The summed E-state index contributed by atoms with van der Waals surface area (Å²) in [6.45, 7) is 2.65. The zero-order chi connectivity index (χ0) is 17.7. The fourth-order valence-corrected chi connectivity index (χ4v) is 3.31. The summed E-state index contributed by atoms with van der Waals surface area (Å²) in [5.41, 5.74) is 6.86. The molecule has 4 heterocycles. The van der Waals surface area contributed by atoms with Gasteiger partial charge in [-0.15, -0.1) is 13.2 Å². The summed E-state index contributed by atoms with van der Waals surface area (Å²) in [4.78, 5) is 3.79. The molecule has 2 aromatic heterocycles. The summed E-state index contributed by atoms with van der Waals surface area (Å²) in [5.74, 6) is -0.866. The number of anilines is 1. The van der Waals surface area contributed by atoms with E-state index >= 15 is 0 Å². The number of nitrogens with two attached hydrogens (primary N) is 1. The molecule has 1 unspecified atom stereocenters. The van der Waals surface area contributed by atoms with Crippen LogP contribution in [0.2, 0.25) is 0 Å². The van der Waals surface area contributed by atoms with E-state index in [1.165, 1.54) is 12.3 Å².